The van der Waals surface area contributed by atoms with Crippen LogP contribution in [0.3, 0.4) is 0 Å². The summed E-state index contributed by atoms with van der Waals surface area (Å²) in [5, 5.41) is 3.45. The first-order chi connectivity index (χ1) is 9.02. The first-order valence-corrected chi connectivity index (χ1v) is 6.97. The van der Waals surface area contributed by atoms with Gasteiger partial charge in [-0.1, -0.05) is 43.7 Å². The van der Waals surface area contributed by atoms with E-state index in [0.29, 0.717) is 12.6 Å². The monoisotopic (exact) mass is 265 g/mol. The molecule has 0 aliphatic carbocycles. The van der Waals surface area contributed by atoms with Gasteiger partial charge in [0.05, 0.1) is 18.8 Å². The summed E-state index contributed by atoms with van der Waals surface area (Å²) >= 11 is 0. The van der Waals surface area contributed by atoms with E-state index in [9.17, 15) is 0 Å². The van der Waals surface area contributed by atoms with Crippen LogP contribution >= 0.6 is 0 Å². The fourth-order valence-corrected chi connectivity index (χ4v) is 2.01. The highest BCUT2D eigenvalue weighted by Crippen LogP contribution is 2.20. The Balaban J connectivity index is 2.73. The summed E-state index contributed by atoms with van der Waals surface area (Å²) in [6.45, 7) is 9.87. The summed E-state index contributed by atoms with van der Waals surface area (Å²) in [4.78, 5) is 0. The van der Waals surface area contributed by atoms with Crippen molar-refractivity contribution in [2.45, 2.75) is 45.9 Å². The highest BCUT2D eigenvalue weighted by atomic mass is 16.5. The molecule has 0 amide bonds. The quantitative estimate of drug-likeness (QED) is 0.783. The average Bonchev–Trinajstić information content (AvgIpc) is 2.34. The molecule has 2 unspecified atom stereocenters. The number of hydrogen-bond donors (Lipinski definition) is 1. The maximum absolute atomic E-state index is 6.09. The minimum Gasteiger partial charge on any atom is -0.382 e. The van der Waals surface area contributed by atoms with Gasteiger partial charge in [-0.2, -0.15) is 0 Å². The van der Waals surface area contributed by atoms with Gasteiger partial charge in [-0.05, 0) is 19.4 Å². The number of nitrogens with one attached hydrogen (secondary N) is 1. The van der Waals surface area contributed by atoms with Gasteiger partial charge in [-0.25, -0.2) is 0 Å². The molecule has 19 heavy (non-hydrogen) atoms. The Bertz CT molecular complexity index is 366. The van der Waals surface area contributed by atoms with Gasteiger partial charge in [0.1, 0.15) is 0 Å². The van der Waals surface area contributed by atoms with Crippen LogP contribution in [-0.4, -0.2) is 32.4 Å². The third-order valence-corrected chi connectivity index (χ3v) is 2.92. The smallest absolute Gasteiger partial charge is 0.0954 e. The van der Waals surface area contributed by atoms with E-state index < -0.39 is 0 Å². The van der Waals surface area contributed by atoms with Gasteiger partial charge >= 0.3 is 0 Å². The van der Waals surface area contributed by atoms with Crippen LogP contribution in [0.4, 0.5) is 0 Å². The molecule has 3 heteroatoms. The lowest BCUT2D eigenvalue weighted by atomic mass is 10.1. The Hall–Kier alpha value is -0.900. The summed E-state index contributed by atoms with van der Waals surface area (Å²) < 4.78 is 11.2. The first-order valence-electron chi connectivity index (χ1n) is 6.97. The molecule has 0 saturated heterocycles. The highest BCUT2D eigenvalue weighted by Gasteiger charge is 2.16. The standard InChI is InChI=1S/C16H27NO2/c1-12(2)17-10-16(19-14(4)11-18-5)15-8-6-7-13(3)9-15/h6-9,12,14,16-17H,10-11H2,1-5H3. The second-order valence-corrected chi connectivity index (χ2v) is 5.37. The Morgan fingerprint density at radius 2 is 1.95 bits per heavy atom. The number of benzene rings is 1. The summed E-state index contributed by atoms with van der Waals surface area (Å²) in [5.74, 6) is 0. The van der Waals surface area contributed by atoms with Crippen molar-refractivity contribution in [1.82, 2.24) is 5.32 Å². The van der Waals surface area contributed by atoms with Crippen LogP contribution < -0.4 is 5.32 Å². The molecule has 0 radical (unpaired) electrons. The minimum atomic E-state index is 0.0625. The van der Waals surface area contributed by atoms with E-state index >= 15 is 0 Å². The van der Waals surface area contributed by atoms with E-state index in [1.54, 1.807) is 7.11 Å². The van der Waals surface area contributed by atoms with Gasteiger partial charge in [-0.3, -0.25) is 0 Å². The molecule has 2 atom stereocenters. The number of hydrogen-bond acceptors (Lipinski definition) is 3. The number of rotatable bonds is 8. The average molecular weight is 265 g/mol. The first kappa shape index (κ1) is 16.2. The van der Waals surface area contributed by atoms with Gasteiger partial charge in [-0.15, -0.1) is 0 Å². The van der Waals surface area contributed by atoms with Crippen LogP contribution in [0.15, 0.2) is 24.3 Å². The Kier molecular flexibility index (Phi) is 7.06. The van der Waals surface area contributed by atoms with E-state index in [1.165, 1.54) is 11.1 Å². The van der Waals surface area contributed by atoms with Gasteiger partial charge in [0.25, 0.3) is 0 Å². The van der Waals surface area contributed by atoms with Crippen molar-refractivity contribution in [2.75, 3.05) is 20.3 Å². The zero-order chi connectivity index (χ0) is 14.3. The molecule has 0 heterocycles. The molecular formula is C16H27NO2. The third-order valence-electron chi connectivity index (χ3n) is 2.92. The zero-order valence-corrected chi connectivity index (χ0v) is 12.8. The van der Waals surface area contributed by atoms with Crippen molar-refractivity contribution < 1.29 is 9.47 Å². The van der Waals surface area contributed by atoms with Crippen LogP contribution in [0.5, 0.6) is 0 Å². The molecule has 1 rings (SSSR count). The number of ether oxygens (including phenoxy) is 2. The van der Waals surface area contributed by atoms with Crippen molar-refractivity contribution in [3.05, 3.63) is 35.4 Å². The van der Waals surface area contributed by atoms with Crippen LogP contribution in [0.2, 0.25) is 0 Å². The Labute approximate surface area is 117 Å². The summed E-state index contributed by atoms with van der Waals surface area (Å²) in [5.41, 5.74) is 2.48. The molecule has 0 aliphatic heterocycles. The third kappa shape index (κ3) is 6.19. The second kappa shape index (κ2) is 8.31. The van der Waals surface area contributed by atoms with Gasteiger partial charge in [0, 0.05) is 19.7 Å². The summed E-state index contributed by atoms with van der Waals surface area (Å²) in [7, 11) is 1.70. The normalized spacial score (nSPS) is 14.6. The van der Waals surface area contributed by atoms with E-state index in [-0.39, 0.29) is 12.2 Å². The van der Waals surface area contributed by atoms with Gasteiger partial charge in [0.2, 0.25) is 0 Å². The minimum absolute atomic E-state index is 0.0625. The van der Waals surface area contributed by atoms with Crippen molar-refractivity contribution in [3.8, 4) is 0 Å². The van der Waals surface area contributed by atoms with E-state index in [4.69, 9.17) is 9.47 Å². The molecule has 1 aromatic rings. The molecule has 0 saturated carbocycles. The summed E-state index contributed by atoms with van der Waals surface area (Å²) in [6.07, 6.45) is 0.150. The van der Waals surface area contributed by atoms with E-state index in [1.807, 2.05) is 6.92 Å². The highest BCUT2D eigenvalue weighted by molar-refractivity contribution is 5.24. The number of methoxy groups -OCH3 is 1. The van der Waals surface area contributed by atoms with Crippen LogP contribution in [0, 0.1) is 6.92 Å². The van der Waals surface area contributed by atoms with Crippen molar-refractivity contribution >= 4 is 0 Å². The molecule has 3 nitrogen and oxygen atoms in total. The maximum atomic E-state index is 6.09. The molecule has 1 N–H and O–H groups in total. The van der Waals surface area contributed by atoms with E-state index in [0.717, 1.165) is 6.54 Å². The molecule has 0 aromatic heterocycles. The fraction of sp³-hybridized carbons (Fsp3) is 0.625. The summed E-state index contributed by atoms with van der Waals surface area (Å²) in [6, 6.07) is 8.95. The molecule has 0 spiro atoms. The van der Waals surface area contributed by atoms with E-state index in [2.05, 4.69) is 50.4 Å². The largest absolute Gasteiger partial charge is 0.382 e. The molecule has 1 aromatic carbocycles. The molecule has 0 fully saturated rings. The predicted octanol–water partition coefficient (Wildman–Crippen LogP) is 3.09. The lowest BCUT2D eigenvalue weighted by molar-refractivity contribution is -0.0399. The molecular weight excluding hydrogens is 238 g/mol. The lowest BCUT2D eigenvalue weighted by Crippen LogP contribution is -2.31. The van der Waals surface area contributed by atoms with Crippen molar-refractivity contribution in [1.29, 1.82) is 0 Å². The predicted molar refractivity (Wildman–Crippen MR) is 79.5 cm³/mol. The maximum Gasteiger partial charge on any atom is 0.0954 e. The molecule has 108 valence electrons. The lowest BCUT2D eigenvalue weighted by Gasteiger charge is -2.24. The molecule has 0 bridgehead atoms. The Morgan fingerprint density at radius 1 is 1.21 bits per heavy atom. The second-order valence-electron chi connectivity index (χ2n) is 5.37. The zero-order valence-electron chi connectivity index (χ0n) is 12.8. The van der Waals surface area contributed by atoms with Crippen LogP contribution in [0.1, 0.15) is 38.0 Å². The SMILES string of the molecule is COCC(C)OC(CNC(C)C)c1cccc(C)c1. The topological polar surface area (TPSA) is 30.5 Å². The van der Waals surface area contributed by atoms with Crippen LogP contribution in [-0.2, 0) is 9.47 Å². The fourth-order valence-electron chi connectivity index (χ4n) is 2.01. The Morgan fingerprint density at radius 3 is 2.53 bits per heavy atom. The number of aryl methyl sites for hydroxylation is 1. The van der Waals surface area contributed by atoms with Crippen molar-refractivity contribution in [3.63, 3.8) is 0 Å². The van der Waals surface area contributed by atoms with Crippen LogP contribution in [0.25, 0.3) is 0 Å². The van der Waals surface area contributed by atoms with Gasteiger partial charge < -0.3 is 14.8 Å². The van der Waals surface area contributed by atoms with Crippen molar-refractivity contribution in [2.24, 2.45) is 0 Å². The van der Waals surface area contributed by atoms with Gasteiger partial charge in [0.15, 0.2) is 0 Å². The molecule has 0 aliphatic rings.